The largest absolute Gasteiger partial charge is 0.480 e. The number of carbonyl (C=O) groups excluding carboxylic acids is 4. The third-order valence-electron chi connectivity index (χ3n) is 5.22. The Bertz CT molecular complexity index is 675. The lowest BCUT2D eigenvalue weighted by atomic mass is 9.98. The number of rotatable bonds is 11. The second kappa shape index (κ2) is 11.7. The predicted octanol–water partition coefficient (Wildman–Crippen LogP) is -1.79. The molecule has 0 spiro atoms. The summed E-state index contributed by atoms with van der Waals surface area (Å²) in [6.45, 7) is 4.12. The minimum atomic E-state index is -1.38. The van der Waals surface area contributed by atoms with Gasteiger partial charge in [0.25, 0.3) is 0 Å². The maximum atomic E-state index is 12.8. The summed E-state index contributed by atoms with van der Waals surface area (Å²) in [4.78, 5) is 61.8. The van der Waals surface area contributed by atoms with Crippen LogP contribution < -0.4 is 22.1 Å². The number of thiol groups is 1. The summed E-state index contributed by atoms with van der Waals surface area (Å²) in [5, 5.41) is 13.7. The van der Waals surface area contributed by atoms with Crippen molar-refractivity contribution in [2.75, 3.05) is 12.3 Å². The third-order valence-corrected chi connectivity index (χ3v) is 5.58. The molecule has 1 heterocycles. The normalized spacial score (nSPS) is 20.0. The van der Waals surface area contributed by atoms with Crippen molar-refractivity contribution in [2.24, 2.45) is 17.4 Å². The van der Waals surface area contributed by atoms with Gasteiger partial charge in [-0.05, 0) is 18.8 Å². The molecule has 1 fully saturated rings. The number of carboxylic acid groups (broad SMARTS) is 1. The van der Waals surface area contributed by atoms with Crippen LogP contribution in [0.1, 0.15) is 39.5 Å². The van der Waals surface area contributed by atoms with Gasteiger partial charge in [-0.15, -0.1) is 0 Å². The third kappa shape index (κ3) is 6.87. The van der Waals surface area contributed by atoms with E-state index in [2.05, 4.69) is 23.3 Å². The van der Waals surface area contributed by atoms with Crippen LogP contribution in [-0.2, 0) is 24.0 Å². The Balaban J connectivity index is 2.91. The van der Waals surface area contributed by atoms with Crippen LogP contribution in [0.3, 0.4) is 0 Å². The lowest BCUT2D eigenvalue weighted by Crippen LogP contribution is -2.58. The summed E-state index contributed by atoms with van der Waals surface area (Å²) >= 11 is 3.86. The fraction of sp³-hybridized carbons (Fsp3) is 0.722. The van der Waals surface area contributed by atoms with Gasteiger partial charge in [0.15, 0.2) is 0 Å². The van der Waals surface area contributed by atoms with Crippen molar-refractivity contribution in [3.05, 3.63) is 0 Å². The van der Waals surface area contributed by atoms with E-state index in [0.717, 1.165) is 0 Å². The summed E-state index contributed by atoms with van der Waals surface area (Å²) in [5.41, 5.74) is 11.2. The Morgan fingerprint density at radius 3 is 2.33 bits per heavy atom. The zero-order valence-electron chi connectivity index (χ0n) is 17.2. The van der Waals surface area contributed by atoms with Gasteiger partial charge in [-0.1, -0.05) is 20.3 Å². The Hall–Kier alpha value is -2.34. The maximum absolute atomic E-state index is 12.8. The molecule has 0 saturated carbocycles. The van der Waals surface area contributed by atoms with Crippen LogP contribution in [0.4, 0.5) is 0 Å². The molecule has 1 aliphatic heterocycles. The molecule has 0 aromatic carbocycles. The first-order valence-corrected chi connectivity index (χ1v) is 10.4. The molecule has 1 saturated heterocycles. The molecular formula is C18H31N5O6S. The van der Waals surface area contributed by atoms with Gasteiger partial charge in [0, 0.05) is 12.3 Å². The smallest absolute Gasteiger partial charge is 0.327 e. The van der Waals surface area contributed by atoms with Crippen molar-refractivity contribution >= 4 is 42.2 Å². The molecule has 0 bridgehead atoms. The van der Waals surface area contributed by atoms with E-state index in [1.54, 1.807) is 0 Å². The van der Waals surface area contributed by atoms with Gasteiger partial charge >= 0.3 is 5.97 Å². The van der Waals surface area contributed by atoms with E-state index >= 15 is 0 Å². The van der Waals surface area contributed by atoms with Gasteiger partial charge in [0.2, 0.25) is 23.6 Å². The lowest BCUT2D eigenvalue weighted by Gasteiger charge is -2.30. The Kier molecular flexibility index (Phi) is 10.1. The molecule has 4 amide bonds. The van der Waals surface area contributed by atoms with E-state index in [0.29, 0.717) is 25.8 Å². The fourth-order valence-electron chi connectivity index (χ4n) is 3.13. The second-order valence-corrected chi connectivity index (χ2v) is 7.78. The summed E-state index contributed by atoms with van der Waals surface area (Å²) in [7, 11) is 0. The van der Waals surface area contributed by atoms with E-state index in [1.807, 2.05) is 13.8 Å². The molecule has 30 heavy (non-hydrogen) atoms. The van der Waals surface area contributed by atoms with E-state index in [9.17, 15) is 24.0 Å². The van der Waals surface area contributed by atoms with E-state index < -0.39 is 54.3 Å². The highest BCUT2D eigenvalue weighted by Gasteiger charge is 2.39. The van der Waals surface area contributed by atoms with Crippen LogP contribution in [0.25, 0.3) is 0 Å². The van der Waals surface area contributed by atoms with Crippen molar-refractivity contribution in [3.8, 4) is 0 Å². The van der Waals surface area contributed by atoms with Gasteiger partial charge in [-0.3, -0.25) is 19.2 Å². The molecule has 5 unspecified atom stereocenters. The van der Waals surface area contributed by atoms with Crippen molar-refractivity contribution in [2.45, 2.75) is 63.7 Å². The van der Waals surface area contributed by atoms with Crippen LogP contribution >= 0.6 is 12.6 Å². The highest BCUT2D eigenvalue weighted by atomic mass is 32.1. The summed E-state index contributed by atoms with van der Waals surface area (Å²) < 4.78 is 0. The predicted molar refractivity (Wildman–Crippen MR) is 111 cm³/mol. The lowest BCUT2D eigenvalue weighted by molar-refractivity contribution is -0.143. The summed E-state index contributed by atoms with van der Waals surface area (Å²) in [6.07, 6.45) is 1.15. The molecular weight excluding hydrogens is 414 g/mol. The number of primary amides is 1. The highest BCUT2D eigenvalue weighted by Crippen LogP contribution is 2.20. The fourth-order valence-corrected chi connectivity index (χ4v) is 3.38. The number of carbonyl (C=O) groups is 5. The Morgan fingerprint density at radius 1 is 1.20 bits per heavy atom. The number of nitrogens with two attached hydrogens (primary N) is 2. The van der Waals surface area contributed by atoms with Crippen LogP contribution in [0.5, 0.6) is 0 Å². The molecule has 7 N–H and O–H groups in total. The number of nitrogens with one attached hydrogen (secondary N) is 2. The van der Waals surface area contributed by atoms with Crippen LogP contribution in [0.15, 0.2) is 0 Å². The molecule has 1 aliphatic rings. The zero-order chi connectivity index (χ0) is 23.0. The van der Waals surface area contributed by atoms with Gasteiger partial charge < -0.3 is 32.1 Å². The Labute approximate surface area is 180 Å². The minimum Gasteiger partial charge on any atom is -0.480 e. The first-order chi connectivity index (χ1) is 14.0. The molecule has 5 atom stereocenters. The number of amides is 4. The summed E-state index contributed by atoms with van der Waals surface area (Å²) in [5.74, 6) is -4.27. The number of hydrogen-bond acceptors (Lipinski definition) is 7. The number of hydrogen-bond donors (Lipinski definition) is 6. The molecule has 0 aromatic rings. The molecule has 12 heteroatoms. The van der Waals surface area contributed by atoms with Crippen molar-refractivity contribution in [1.29, 1.82) is 0 Å². The number of carboxylic acids is 1. The average Bonchev–Trinajstić information content (AvgIpc) is 3.18. The van der Waals surface area contributed by atoms with E-state index in [4.69, 9.17) is 16.6 Å². The highest BCUT2D eigenvalue weighted by molar-refractivity contribution is 7.80. The minimum absolute atomic E-state index is 0.0654. The van der Waals surface area contributed by atoms with Gasteiger partial charge in [-0.25, -0.2) is 4.79 Å². The topological polar surface area (TPSA) is 185 Å². The number of likely N-dealkylation sites (tertiary alicyclic amines) is 1. The quantitative estimate of drug-likeness (QED) is 0.203. The first-order valence-electron chi connectivity index (χ1n) is 9.82. The second-order valence-electron chi connectivity index (χ2n) is 7.41. The first kappa shape index (κ1) is 25.7. The molecule has 0 aromatic heterocycles. The molecule has 0 aliphatic carbocycles. The van der Waals surface area contributed by atoms with Gasteiger partial charge in [0.05, 0.1) is 12.5 Å². The maximum Gasteiger partial charge on any atom is 0.327 e. The summed E-state index contributed by atoms with van der Waals surface area (Å²) in [6, 6.07) is -4.26. The Morgan fingerprint density at radius 2 is 1.83 bits per heavy atom. The average molecular weight is 446 g/mol. The van der Waals surface area contributed by atoms with Crippen LogP contribution in [0, 0.1) is 5.92 Å². The number of nitrogens with zero attached hydrogens (tertiary/aromatic N) is 1. The van der Waals surface area contributed by atoms with Crippen molar-refractivity contribution in [3.63, 3.8) is 0 Å². The van der Waals surface area contributed by atoms with Crippen molar-refractivity contribution < 1.29 is 29.1 Å². The molecule has 1 rings (SSSR count). The van der Waals surface area contributed by atoms with Crippen LogP contribution in [-0.4, -0.2) is 76.1 Å². The molecule has 170 valence electrons. The van der Waals surface area contributed by atoms with Crippen LogP contribution in [0.2, 0.25) is 0 Å². The van der Waals surface area contributed by atoms with Crippen molar-refractivity contribution in [1.82, 2.24) is 15.5 Å². The molecule has 0 radical (unpaired) electrons. The number of aliphatic carboxylic acids is 1. The van der Waals surface area contributed by atoms with E-state index in [-0.39, 0.29) is 17.6 Å². The van der Waals surface area contributed by atoms with Gasteiger partial charge in [0.1, 0.15) is 18.1 Å². The SMILES string of the molecule is CCC(C)C(N)C(=O)N1CCCC1C(=O)NC(CC(N)=O)C(=O)NC(CS)C(=O)O. The zero-order valence-corrected chi connectivity index (χ0v) is 18.1. The van der Waals surface area contributed by atoms with Gasteiger partial charge in [-0.2, -0.15) is 12.6 Å². The monoisotopic (exact) mass is 445 g/mol. The standard InChI is InChI=1S/C18H31N5O6S/c1-3-9(2)14(20)17(27)23-6-4-5-12(23)16(26)21-10(7-13(19)24)15(25)22-11(8-30)18(28)29/h9-12,14,30H,3-8,20H2,1-2H3,(H2,19,24)(H,21,26)(H,22,25)(H,28,29). The molecule has 11 nitrogen and oxygen atoms in total. The van der Waals surface area contributed by atoms with E-state index in [1.165, 1.54) is 4.90 Å².